The highest BCUT2D eigenvalue weighted by molar-refractivity contribution is 7.47. The maximum atomic E-state index is 12.0. The van der Waals surface area contributed by atoms with Crippen LogP contribution in [0.25, 0.3) is 0 Å². The predicted molar refractivity (Wildman–Crippen MR) is 196 cm³/mol. The van der Waals surface area contributed by atoms with Crippen LogP contribution >= 0.6 is 7.82 Å². The van der Waals surface area contributed by atoms with Crippen molar-refractivity contribution < 1.29 is 37.9 Å². The van der Waals surface area contributed by atoms with Crippen LogP contribution in [0.2, 0.25) is 0 Å². The Labute approximate surface area is 291 Å². The van der Waals surface area contributed by atoms with E-state index in [2.05, 4.69) is 79.9 Å². The SMILES string of the molecule is CC/C=C\C/C=C\C/C=C\CCCCCC(=O)NCCOP(=O)(O)OCC(O)COC(=O)CCCCCCC/C=C\C/C=C\CCCC. The van der Waals surface area contributed by atoms with Crippen molar-refractivity contribution in [1.82, 2.24) is 5.32 Å². The van der Waals surface area contributed by atoms with Gasteiger partial charge in [0.1, 0.15) is 12.7 Å². The van der Waals surface area contributed by atoms with Crippen molar-refractivity contribution in [2.75, 3.05) is 26.4 Å². The molecule has 0 rings (SSSR count). The van der Waals surface area contributed by atoms with Crippen LogP contribution in [0.3, 0.4) is 0 Å². The van der Waals surface area contributed by atoms with Crippen molar-refractivity contribution in [2.45, 2.75) is 142 Å². The first-order chi connectivity index (χ1) is 23.3. The molecule has 0 saturated heterocycles. The predicted octanol–water partition coefficient (Wildman–Crippen LogP) is 9.37. The number of phosphoric acid groups is 1. The molecule has 0 aromatic carbocycles. The lowest BCUT2D eigenvalue weighted by Gasteiger charge is -2.15. The van der Waals surface area contributed by atoms with Crippen molar-refractivity contribution in [3.63, 3.8) is 0 Å². The van der Waals surface area contributed by atoms with Gasteiger partial charge in [-0.1, -0.05) is 113 Å². The quantitative estimate of drug-likeness (QED) is 0.0268. The van der Waals surface area contributed by atoms with Crippen LogP contribution in [-0.4, -0.2) is 54.3 Å². The molecule has 276 valence electrons. The second-order valence-corrected chi connectivity index (χ2v) is 13.3. The van der Waals surface area contributed by atoms with Crippen LogP contribution in [0.15, 0.2) is 60.8 Å². The lowest BCUT2D eigenvalue weighted by Crippen LogP contribution is -2.27. The average molecular weight is 696 g/mol. The van der Waals surface area contributed by atoms with Gasteiger partial charge >= 0.3 is 13.8 Å². The molecule has 2 unspecified atom stereocenters. The normalized spacial score (nSPS) is 14.2. The van der Waals surface area contributed by atoms with Gasteiger partial charge in [0.05, 0.1) is 13.2 Å². The number of nitrogens with one attached hydrogen (secondary N) is 1. The molecule has 0 fully saturated rings. The maximum Gasteiger partial charge on any atom is 0.472 e. The average Bonchev–Trinajstić information content (AvgIpc) is 3.07. The second-order valence-electron chi connectivity index (χ2n) is 11.8. The summed E-state index contributed by atoms with van der Waals surface area (Å²) in [6.07, 6.45) is 38.6. The molecule has 3 N–H and O–H groups in total. The lowest BCUT2D eigenvalue weighted by molar-refractivity contribution is -0.147. The number of amides is 1. The fourth-order valence-corrected chi connectivity index (χ4v) is 5.17. The molecule has 0 aliphatic heterocycles. The number of rotatable bonds is 33. The minimum atomic E-state index is -4.42. The maximum absolute atomic E-state index is 12.0. The first kappa shape index (κ1) is 45.7. The van der Waals surface area contributed by atoms with Gasteiger partial charge in [-0.25, -0.2) is 4.57 Å². The number of hydrogen-bond donors (Lipinski definition) is 3. The lowest BCUT2D eigenvalue weighted by atomic mass is 10.1. The molecule has 9 nitrogen and oxygen atoms in total. The zero-order valence-electron chi connectivity index (χ0n) is 29.9. The molecule has 2 atom stereocenters. The van der Waals surface area contributed by atoms with Gasteiger partial charge in [0, 0.05) is 19.4 Å². The van der Waals surface area contributed by atoms with E-state index in [1.165, 1.54) is 12.8 Å². The van der Waals surface area contributed by atoms with E-state index in [0.29, 0.717) is 12.8 Å². The summed E-state index contributed by atoms with van der Waals surface area (Å²) >= 11 is 0. The van der Waals surface area contributed by atoms with Crippen molar-refractivity contribution in [3.05, 3.63) is 60.8 Å². The molecule has 0 aliphatic carbocycles. The standard InChI is InChI=1S/C38H66NO8P/c1-3-5-7-9-11-13-15-17-19-21-23-25-27-29-31-38(42)45-34-36(40)35-47-48(43,44)46-33-32-39-37(41)30-28-26-24-22-20-18-16-14-12-10-8-6-4-2/h6,8-9,11-12,14-15,17-18,20,36,40H,3-5,7,10,13,16,19,21-35H2,1-2H3,(H,39,41)(H,43,44)/b8-6-,11-9-,14-12-,17-15-,20-18-. The molecular weight excluding hydrogens is 629 g/mol. The molecule has 48 heavy (non-hydrogen) atoms. The van der Waals surface area contributed by atoms with Crippen LogP contribution in [-0.2, 0) is 27.9 Å². The van der Waals surface area contributed by atoms with E-state index in [4.69, 9.17) is 13.8 Å². The number of hydrogen-bond acceptors (Lipinski definition) is 7. The minimum Gasteiger partial charge on any atom is -0.463 e. The summed E-state index contributed by atoms with van der Waals surface area (Å²) in [7, 11) is -4.42. The fourth-order valence-electron chi connectivity index (χ4n) is 4.41. The molecule has 0 heterocycles. The van der Waals surface area contributed by atoms with E-state index < -0.39 is 26.5 Å². The molecule has 0 radical (unpaired) electrons. The van der Waals surface area contributed by atoms with E-state index >= 15 is 0 Å². The van der Waals surface area contributed by atoms with Gasteiger partial charge in [-0.15, -0.1) is 0 Å². The summed E-state index contributed by atoms with van der Waals surface area (Å²) < 4.78 is 26.7. The number of phosphoric ester groups is 1. The van der Waals surface area contributed by atoms with Crippen LogP contribution < -0.4 is 5.32 Å². The van der Waals surface area contributed by atoms with E-state index in [9.17, 15) is 24.2 Å². The Morgan fingerprint density at radius 3 is 1.81 bits per heavy atom. The topological polar surface area (TPSA) is 131 Å². The number of carbonyl (C=O) groups excluding carboxylic acids is 2. The molecule has 0 aromatic heterocycles. The van der Waals surface area contributed by atoms with Crippen molar-refractivity contribution in [1.29, 1.82) is 0 Å². The number of esters is 1. The van der Waals surface area contributed by atoms with Crippen molar-refractivity contribution >= 4 is 19.7 Å². The molecule has 1 amide bonds. The summed E-state index contributed by atoms with van der Waals surface area (Å²) in [5.41, 5.74) is 0. The number of allylic oxidation sites excluding steroid dienone is 10. The minimum absolute atomic E-state index is 0.0610. The fraction of sp³-hybridized carbons (Fsp3) is 0.684. The summed E-state index contributed by atoms with van der Waals surface area (Å²) in [4.78, 5) is 33.7. The monoisotopic (exact) mass is 695 g/mol. The van der Waals surface area contributed by atoms with Gasteiger partial charge in [0.25, 0.3) is 0 Å². The number of carbonyl (C=O) groups is 2. The van der Waals surface area contributed by atoms with Gasteiger partial charge in [-0.05, 0) is 70.6 Å². The van der Waals surface area contributed by atoms with E-state index in [0.717, 1.165) is 89.9 Å². The van der Waals surface area contributed by atoms with Crippen LogP contribution in [0.4, 0.5) is 0 Å². The summed E-state index contributed by atoms with van der Waals surface area (Å²) in [5.74, 6) is -0.568. The van der Waals surface area contributed by atoms with Crippen LogP contribution in [0, 0.1) is 0 Å². The van der Waals surface area contributed by atoms with E-state index in [-0.39, 0.29) is 32.1 Å². The van der Waals surface area contributed by atoms with E-state index in [1.54, 1.807) is 0 Å². The Morgan fingerprint density at radius 1 is 0.667 bits per heavy atom. The van der Waals surface area contributed by atoms with Gasteiger partial charge in [-0.2, -0.15) is 0 Å². The molecule has 0 spiro atoms. The van der Waals surface area contributed by atoms with Crippen molar-refractivity contribution in [3.8, 4) is 0 Å². The highest BCUT2D eigenvalue weighted by Crippen LogP contribution is 2.42. The highest BCUT2D eigenvalue weighted by atomic mass is 31.2. The first-order valence-corrected chi connectivity index (χ1v) is 19.8. The number of unbranched alkanes of at least 4 members (excludes halogenated alkanes) is 10. The zero-order chi connectivity index (χ0) is 35.4. The summed E-state index contributed by atoms with van der Waals surface area (Å²) in [6, 6.07) is 0. The Balaban J connectivity index is 3.71. The number of aliphatic hydroxyl groups excluding tert-OH is 1. The molecule has 0 bridgehead atoms. The first-order valence-electron chi connectivity index (χ1n) is 18.3. The summed E-state index contributed by atoms with van der Waals surface area (Å²) in [6.45, 7) is 3.31. The smallest absolute Gasteiger partial charge is 0.463 e. The second kappa shape index (κ2) is 34.6. The Bertz CT molecular complexity index is 976. The largest absolute Gasteiger partial charge is 0.472 e. The summed E-state index contributed by atoms with van der Waals surface area (Å²) in [5, 5.41) is 12.6. The van der Waals surface area contributed by atoms with Gasteiger partial charge in [0.2, 0.25) is 5.91 Å². The highest BCUT2D eigenvalue weighted by Gasteiger charge is 2.23. The number of ether oxygens (including phenoxy) is 1. The Morgan fingerprint density at radius 2 is 1.19 bits per heavy atom. The van der Waals surface area contributed by atoms with Gasteiger partial charge < -0.3 is 20.1 Å². The van der Waals surface area contributed by atoms with Crippen LogP contribution in [0.1, 0.15) is 136 Å². The number of aliphatic hydroxyl groups is 1. The third-order valence-electron chi connectivity index (χ3n) is 7.18. The van der Waals surface area contributed by atoms with Crippen LogP contribution in [0.5, 0.6) is 0 Å². The van der Waals surface area contributed by atoms with E-state index in [1.807, 2.05) is 0 Å². The van der Waals surface area contributed by atoms with Crippen molar-refractivity contribution in [2.24, 2.45) is 0 Å². The third-order valence-corrected chi connectivity index (χ3v) is 8.17. The molecule has 0 aromatic rings. The molecule has 10 heteroatoms. The third kappa shape index (κ3) is 35.0. The Kier molecular flexibility index (Phi) is 32.9. The molecular formula is C38H66NO8P. The molecule has 0 aliphatic rings. The molecule has 0 saturated carbocycles. The Hall–Kier alpha value is -2.29. The van der Waals surface area contributed by atoms with Gasteiger partial charge in [-0.3, -0.25) is 18.6 Å². The van der Waals surface area contributed by atoms with Gasteiger partial charge in [0.15, 0.2) is 0 Å². The zero-order valence-corrected chi connectivity index (χ0v) is 30.8.